The molecule has 0 radical (unpaired) electrons. The predicted molar refractivity (Wildman–Crippen MR) is 79.9 cm³/mol. The Morgan fingerprint density at radius 3 is 2.63 bits per heavy atom. The first-order chi connectivity index (χ1) is 8.97. The van der Waals surface area contributed by atoms with Crippen LogP contribution in [0.2, 0.25) is 5.02 Å². The number of carbonyl (C=O) groups is 1. The van der Waals surface area contributed by atoms with Gasteiger partial charge in [0.1, 0.15) is 5.75 Å². The number of nitrogens with one attached hydrogen (secondary N) is 1. The summed E-state index contributed by atoms with van der Waals surface area (Å²) in [5, 5.41) is 12.8. The fraction of sp³-hybridized carbons (Fsp3) is 0.0714. The standard InChI is InChI=1S/C14H11BrClNO2/c1-8-6-10(3-5-13(8)18)17-14(19)11-4-2-9(16)7-12(11)15/h2-7,18H,1H3,(H,17,19). The highest BCUT2D eigenvalue weighted by molar-refractivity contribution is 9.10. The Morgan fingerprint density at radius 1 is 1.26 bits per heavy atom. The van der Waals surface area contributed by atoms with Gasteiger partial charge in [-0.1, -0.05) is 11.6 Å². The molecule has 0 aliphatic rings. The van der Waals surface area contributed by atoms with Crippen LogP contribution in [0.4, 0.5) is 5.69 Å². The summed E-state index contributed by atoms with van der Waals surface area (Å²) < 4.78 is 0.632. The molecule has 2 rings (SSSR count). The number of halogens is 2. The first kappa shape index (κ1) is 13.9. The normalized spacial score (nSPS) is 10.3. The van der Waals surface area contributed by atoms with Crippen molar-refractivity contribution in [1.29, 1.82) is 0 Å². The lowest BCUT2D eigenvalue weighted by Crippen LogP contribution is -2.12. The van der Waals surface area contributed by atoms with Gasteiger partial charge in [0.15, 0.2) is 0 Å². The summed E-state index contributed by atoms with van der Waals surface area (Å²) in [6.45, 7) is 1.77. The van der Waals surface area contributed by atoms with Gasteiger partial charge in [-0.2, -0.15) is 0 Å². The Hall–Kier alpha value is -1.52. The molecule has 0 aromatic heterocycles. The van der Waals surface area contributed by atoms with Gasteiger partial charge < -0.3 is 10.4 Å². The monoisotopic (exact) mass is 339 g/mol. The van der Waals surface area contributed by atoms with E-state index >= 15 is 0 Å². The zero-order valence-corrected chi connectivity index (χ0v) is 12.4. The molecule has 0 unspecified atom stereocenters. The van der Waals surface area contributed by atoms with Crippen molar-refractivity contribution < 1.29 is 9.90 Å². The van der Waals surface area contributed by atoms with Crippen molar-refractivity contribution in [2.75, 3.05) is 5.32 Å². The molecule has 0 saturated carbocycles. The highest BCUT2D eigenvalue weighted by Crippen LogP contribution is 2.24. The summed E-state index contributed by atoms with van der Waals surface area (Å²) in [6, 6.07) is 9.86. The smallest absolute Gasteiger partial charge is 0.256 e. The predicted octanol–water partition coefficient (Wildman–Crippen LogP) is 4.37. The second-order valence-electron chi connectivity index (χ2n) is 4.08. The summed E-state index contributed by atoms with van der Waals surface area (Å²) in [6.07, 6.45) is 0. The third kappa shape index (κ3) is 3.28. The zero-order valence-electron chi connectivity index (χ0n) is 10.1. The van der Waals surface area contributed by atoms with Crippen LogP contribution in [0.15, 0.2) is 40.9 Å². The highest BCUT2D eigenvalue weighted by atomic mass is 79.9. The molecule has 0 heterocycles. The number of phenolic OH excluding ortho intramolecular Hbond substituents is 1. The molecule has 0 aliphatic carbocycles. The zero-order chi connectivity index (χ0) is 14.0. The number of hydrogen-bond donors (Lipinski definition) is 2. The van der Waals surface area contributed by atoms with E-state index < -0.39 is 0 Å². The molecule has 0 atom stereocenters. The Labute approximate surface area is 124 Å². The fourth-order valence-corrected chi connectivity index (χ4v) is 2.47. The second kappa shape index (κ2) is 5.63. The molecule has 2 aromatic carbocycles. The minimum absolute atomic E-state index is 0.200. The SMILES string of the molecule is Cc1cc(NC(=O)c2ccc(Cl)cc2Br)ccc1O. The molecular formula is C14H11BrClNO2. The highest BCUT2D eigenvalue weighted by Gasteiger charge is 2.11. The van der Waals surface area contributed by atoms with Crippen LogP contribution in [0.3, 0.4) is 0 Å². The number of aromatic hydroxyl groups is 1. The molecule has 0 bridgehead atoms. The topological polar surface area (TPSA) is 49.3 Å². The molecule has 3 nitrogen and oxygen atoms in total. The summed E-state index contributed by atoms with van der Waals surface area (Å²) in [4.78, 5) is 12.1. The molecule has 0 spiro atoms. The van der Waals surface area contributed by atoms with Crippen LogP contribution in [-0.2, 0) is 0 Å². The maximum atomic E-state index is 12.1. The molecular weight excluding hydrogens is 330 g/mol. The summed E-state index contributed by atoms with van der Waals surface area (Å²) in [5.74, 6) is -0.0423. The first-order valence-corrected chi connectivity index (χ1v) is 6.70. The fourth-order valence-electron chi connectivity index (χ4n) is 1.61. The molecule has 98 valence electrons. The van der Waals surface area contributed by atoms with E-state index in [0.717, 1.165) is 0 Å². The van der Waals surface area contributed by atoms with Crippen molar-refractivity contribution in [3.05, 3.63) is 57.0 Å². The van der Waals surface area contributed by atoms with Crippen LogP contribution in [0.5, 0.6) is 5.75 Å². The number of carbonyl (C=O) groups excluding carboxylic acids is 1. The van der Waals surface area contributed by atoms with Crippen molar-refractivity contribution in [3.8, 4) is 5.75 Å². The molecule has 1 amide bonds. The summed E-state index contributed by atoms with van der Waals surface area (Å²) in [7, 11) is 0. The van der Waals surface area contributed by atoms with Crippen LogP contribution in [0.1, 0.15) is 15.9 Å². The van der Waals surface area contributed by atoms with Crippen molar-refractivity contribution in [3.63, 3.8) is 0 Å². The number of aryl methyl sites for hydroxylation is 1. The number of benzene rings is 2. The van der Waals surface area contributed by atoms with Crippen LogP contribution < -0.4 is 5.32 Å². The number of hydrogen-bond acceptors (Lipinski definition) is 2. The van der Waals surface area contributed by atoms with Crippen molar-refractivity contribution in [1.82, 2.24) is 0 Å². The van der Waals surface area contributed by atoms with Crippen LogP contribution >= 0.6 is 27.5 Å². The number of anilines is 1. The third-order valence-electron chi connectivity index (χ3n) is 2.63. The molecule has 0 aliphatic heterocycles. The second-order valence-corrected chi connectivity index (χ2v) is 5.37. The van der Waals surface area contributed by atoms with Crippen molar-refractivity contribution in [2.24, 2.45) is 0 Å². The van der Waals surface area contributed by atoms with Gasteiger partial charge in [-0.3, -0.25) is 4.79 Å². The van der Waals surface area contributed by atoms with Gasteiger partial charge in [0, 0.05) is 15.2 Å². The van der Waals surface area contributed by atoms with E-state index in [1.54, 1.807) is 43.3 Å². The average molecular weight is 341 g/mol. The van der Waals surface area contributed by atoms with Gasteiger partial charge in [0.2, 0.25) is 0 Å². The molecule has 2 aromatic rings. The van der Waals surface area contributed by atoms with Gasteiger partial charge >= 0.3 is 0 Å². The van der Waals surface area contributed by atoms with E-state index in [9.17, 15) is 9.90 Å². The van der Waals surface area contributed by atoms with Gasteiger partial charge in [-0.15, -0.1) is 0 Å². The van der Waals surface area contributed by atoms with Crippen LogP contribution in [-0.4, -0.2) is 11.0 Å². The maximum Gasteiger partial charge on any atom is 0.256 e. The van der Waals surface area contributed by atoms with Crippen molar-refractivity contribution >= 4 is 39.1 Å². The average Bonchev–Trinajstić information content (AvgIpc) is 2.33. The van der Waals surface area contributed by atoms with E-state index in [1.807, 2.05) is 0 Å². The lowest BCUT2D eigenvalue weighted by Gasteiger charge is -2.08. The number of amides is 1. The maximum absolute atomic E-state index is 12.1. The van der Waals surface area contributed by atoms with E-state index in [1.165, 1.54) is 0 Å². The molecule has 5 heteroatoms. The largest absolute Gasteiger partial charge is 0.508 e. The van der Waals surface area contributed by atoms with Gasteiger partial charge in [-0.05, 0) is 64.8 Å². The molecule has 2 N–H and O–H groups in total. The van der Waals surface area contributed by atoms with Crippen molar-refractivity contribution in [2.45, 2.75) is 6.92 Å². The van der Waals surface area contributed by atoms with Crippen LogP contribution in [0, 0.1) is 6.92 Å². The lowest BCUT2D eigenvalue weighted by atomic mass is 10.1. The summed E-state index contributed by atoms with van der Waals surface area (Å²) >= 11 is 9.13. The Balaban J connectivity index is 2.23. The molecule has 0 saturated heterocycles. The Bertz CT molecular complexity index is 643. The van der Waals surface area contributed by atoms with E-state index in [0.29, 0.717) is 26.3 Å². The van der Waals surface area contributed by atoms with Crippen LogP contribution in [0.25, 0.3) is 0 Å². The molecule has 19 heavy (non-hydrogen) atoms. The first-order valence-electron chi connectivity index (χ1n) is 5.53. The quantitative estimate of drug-likeness (QED) is 0.798. The van der Waals surface area contributed by atoms with E-state index in [-0.39, 0.29) is 11.7 Å². The van der Waals surface area contributed by atoms with E-state index in [4.69, 9.17) is 11.6 Å². The number of phenols is 1. The Kier molecular flexibility index (Phi) is 4.12. The minimum atomic E-state index is -0.242. The lowest BCUT2D eigenvalue weighted by molar-refractivity contribution is 0.102. The van der Waals surface area contributed by atoms with E-state index in [2.05, 4.69) is 21.2 Å². The summed E-state index contributed by atoms with van der Waals surface area (Å²) in [5.41, 5.74) is 1.82. The van der Waals surface area contributed by atoms with Gasteiger partial charge in [-0.25, -0.2) is 0 Å². The Morgan fingerprint density at radius 2 is 2.00 bits per heavy atom. The van der Waals surface area contributed by atoms with Gasteiger partial charge in [0.25, 0.3) is 5.91 Å². The number of rotatable bonds is 2. The minimum Gasteiger partial charge on any atom is -0.508 e. The molecule has 0 fully saturated rings. The third-order valence-corrected chi connectivity index (χ3v) is 3.52. The van der Waals surface area contributed by atoms with Gasteiger partial charge in [0.05, 0.1) is 5.56 Å².